The Morgan fingerprint density at radius 3 is 2.47 bits per heavy atom. The van der Waals surface area contributed by atoms with Crippen LogP contribution in [0.25, 0.3) is 0 Å². The standard InChI is InChI=1S/C16H21NOS/c1-3-13-6-8-14(9-7-13)15(11-18)17-12(2)16-5-4-10-19-16/h4-10,12,15,17-18H,3,11H2,1-2H3. The summed E-state index contributed by atoms with van der Waals surface area (Å²) in [5.74, 6) is 0. The molecule has 3 heteroatoms. The van der Waals surface area contributed by atoms with Gasteiger partial charge in [-0.05, 0) is 35.9 Å². The van der Waals surface area contributed by atoms with Crippen molar-refractivity contribution in [1.29, 1.82) is 0 Å². The van der Waals surface area contributed by atoms with Gasteiger partial charge in [-0.1, -0.05) is 37.3 Å². The van der Waals surface area contributed by atoms with Crippen LogP contribution in [-0.4, -0.2) is 11.7 Å². The maximum Gasteiger partial charge on any atom is 0.0626 e. The summed E-state index contributed by atoms with van der Waals surface area (Å²) >= 11 is 1.74. The van der Waals surface area contributed by atoms with Crippen molar-refractivity contribution in [2.75, 3.05) is 6.61 Å². The van der Waals surface area contributed by atoms with Crippen molar-refractivity contribution in [1.82, 2.24) is 5.32 Å². The molecule has 102 valence electrons. The van der Waals surface area contributed by atoms with E-state index in [0.29, 0.717) is 0 Å². The fourth-order valence-electron chi connectivity index (χ4n) is 2.16. The fraction of sp³-hybridized carbons (Fsp3) is 0.375. The summed E-state index contributed by atoms with van der Waals surface area (Å²) in [5, 5.41) is 15.2. The predicted molar refractivity (Wildman–Crippen MR) is 81.5 cm³/mol. The number of hydrogen-bond acceptors (Lipinski definition) is 3. The average Bonchev–Trinajstić information content (AvgIpc) is 2.99. The maximum absolute atomic E-state index is 9.59. The highest BCUT2D eigenvalue weighted by molar-refractivity contribution is 7.10. The van der Waals surface area contributed by atoms with Crippen LogP contribution in [0.4, 0.5) is 0 Å². The van der Waals surface area contributed by atoms with Gasteiger partial charge < -0.3 is 10.4 Å². The summed E-state index contributed by atoms with van der Waals surface area (Å²) < 4.78 is 0. The van der Waals surface area contributed by atoms with Crippen LogP contribution in [-0.2, 0) is 6.42 Å². The van der Waals surface area contributed by atoms with Crippen molar-refractivity contribution < 1.29 is 5.11 Å². The Labute approximate surface area is 119 Å². The molecule has 2 atom stereocenters. The number of aliphatic hydroxyl groups excluding tert-OH is 1. The molecular formula is C16H21NOS. The number of thiophene rings is 1. The third-order valence-electron chi connectivity index (χ3n) is 3.39. The minimum Gasteiger partial charge on any atom is -0.394 e. The van der Waals surface area contributed by atoms with Gasteiger partial charge in [-0.3, -0.25) is 0 Å². The normalized spacial score (nSPS) is 14.3. The fourth-order valence-corrected chi connectivity index (χ4v) is 2.91. The molecule has 1 aromatic heterocycles. The highest BCUT2D eigenvalue weighted by atomic mass is 32.1. The molecule has 2 unspecified atom stereocenters. The number of aryl methyl sites for hydroxylation is 1. The van der Waals surface area contributed by atoms with Crippen LogP contribution < -0.4 is 5.32 Å². The van der Waals surface area contributed by atoms with Crippen molar-refractivity contribution in [3.63, 3.8) is 0 Å². The van der Waals surface area contributed by atoms with Crippen LogP contribution in [0.3, 0.4) is 0 Å². The molecule has 1 heterocycles. The van der Waals surface area contributed by atoms with Gasteiger partial charge in [-0.2, -0.15) is 0 Å². The van der Waals surface area contributed by atoms with E-state index in [1.54, 1.807) is 11.3 Å². The van der Waals surface area contributed by atoms with E-state index in [4.69, 9.17) is 0 Å². The number of benzene rings is 1. The molecule has 0 fully saturated rings. The van der Waals surface area contributed by atoms with E-state index in [9.17, 15) is 5.11 Å². The second-order valence-corrected chi connectivity index (χ2v) is 5.71. The molecular weight excluding hydrogens is 254 g/mol. The smallest absolute Gasteiger partial charge is 0.0626 e. The maximum atomic E-state index is 9.59. The first kappa shape index (κ1) is 14.3. The van der Waals surface area contributed by atoms with E-state index in [1.165, 1.54) is 10.4 Å². The monoisotopic (exact) mass is 275 g/mol. The first-order valence-corrected chi connectivity index (χ1v) is 7.61. The zero-order valence-electron chi connectivity index (χ0n) is 11.5. The predicted octanol–water partition coefficient (Wildman–Crippen LogP) is 3.69. The second-order valence-electron chi connectivity index (χ2n) is 4.73. The van der Waals surface area contributed by atoms with Crippen molar-refractivity contribution >= 4 is 11.3 Å². The summed E-state index contributed by atoms with van der Waals surface area (Å²) in [7, 11) is 0. The molecule has 19 heavy (non-hydrogen) atoms. The second kappa shape index (κ2) is 6.85. The van der Waals surface area contributed by atoms with Gasteiger partial charge in [0.1, 0.15) is 0 Å². The lowest BCUT2D eigenvalue weighted by Crippen LogP contribution is -2.26. The lowest BCUT2D eigenvalue weighted by atomic mass is 10.0. The molecule has 0 spiro atoms. The molecule has 0 amide bonds. The minimum absolute atomic E-state index is 0.0111. The summed E-state index contributed by atoms with van der Waals surface area (Å²) in [6.45, 7) is 4.39. The molecule has 0 bridgehead atoms. The van der Waals surface area contributed by atoms with Crippen LogP contribution in [0, 0.1) is 0 Å². The highest BCUT2D eigenvalue weighted by Crippen LogP contribution is 2.23. The Balaban J connectivity index is 2.06. The molecule has 0 saturated carbocycles. The number of rotatable bonds is 6. The van der Waals surface area contributed by atoms with E-state index in [0.717, 1.165) is 12.0 Å². The molecule has 0 saturated heterocycles. The van der Waals surface area contributed by atoms with Crippen LogP contribution in [0.1, 0.15) is 41.9 Å². The van der Waals surface area contributed by atoms with Gasteiger partial charge in [-0.25, -0.2) is 0 Å². The first-order chi connectivity index (χ1) is 9.24. The van der Waals surface area contributed by atoms with Gasteiger partial charge in [0.15, 0.2) is 0 Å². The van der Waals surface area contributed by atoms with Crippen LogP contribution in [0.2, 0.25) is 0 Å². The third-order valence-corrected chi connectivity index (χ3v) is 4.45. The van der Waals surface area contributed by atoms with E-state index in [2.05, 4.69) is 60.9 Å². The molecule has 0 aliphatic heterocycles. The Morgan fingerprint density at radius 1 is 1.21 bits per heavy atom. The largest absolute Gasteiger partial charge is 0.394 e. The van der Waals surface area contributed by atoms with Gasteiger partial charge >= 0.3 is 0 Å². The summed E-state index contributed by atoms with van der Waals surface area (Å²) in [4.78, 5) is 1.30. The van der Waals surface area contributed by atoms with E-state index >= 15 is 0 Å². The van der Waals surface area contributed by atoms with Crippen molar-refractivity contribution in [2.24, 2.45) is 0 Å². The Bertz CT molecular complexity index is 478. The Kier molecular flexibility index (Phi) is 5.14. The van der Waals surface area contributed by atoms with Crippen LogP contribution in [0.5, 0.6) is 0 Å². The number of aliphatic hydroxyl groups is 1. The SMILES string of the molecule is CCc1ccc(C(CO)NC(C)c2cccs2)cc1. The van der Waals surface area contributed by atoms with Crippen LogP contribution >= 0.6 is 11.3 Å². The lowest BCUT2D eigenvalue weighted by Gasteiger charge is -2.21. The molecule has 1 aromatic carbocycles. The van der Waals surface area contributed by atoms with Crippen molar-refractivity contribution in [3.05, 3.63) is 57.8 Å². The van der Waals surface area contributed by atoms with E-state index in [-0.39, 0.29) is 18.7 Å². The molecule has 0 aliphatic rings. The van der Waals surface area contributed by atoms with Gasteiger partial charge in [0.2, 0.25) is 0 Å². The number of hydrogen-bond donors (Lipinski definition) is 2. The Morgan fingerprint density at radius 2 is 1.95 bits per heavy atom. The summed E-state index contributed by atoms with van der Waals surface area (Å²) in [6, 6.07) is 12.9. The van der Waals surface area contributed by atoms with Crippen molar-refractivity contribution in [3.8, 4) is 0 Å². The lowest BCUT2D eigenvalue weighted by molar-refractivity contribution is 0.236. The van der Waals surface area contributed by atoms with E-state index < -0.39 is 0 Å². The molecule has 0 radical (unpaired) electrons. The summed E-state index contributed by atoms with van der Waals surface area (Å²) in [6.07, 6.45) is 1.04. The molecule has 2 rings (SSSR count). The molecule has 2 N–H and O–H groups in total. The number of nitrogens with one attached hydrogen (secondary N) is 1. The quantitative estimate of drug-likeness (QED) is 0.842. The topological polar surface area (TPSA) is 32.3 Å². The zero-order valence-corrected chi connectivity index (χ0v) is 12.3. The first-order valence-electron chi connectivity index (χ1n) is 6.73. The summed E-state index contributed by atoms with van der Waals surface area (Å²) in [5.41, 5.74) is 2.47. The van der Waals surface area contributed by atoms with Gasteiger partial charge in [0.05, 0.1) is 12.6 Å². The van der Waals surface area contributed by atoms with E-state index in [1.807, 2.05) is 0 Å². The molecule has 2 aromatic rings. The van der Waals surface area contributed by atoms with Gasteiger partial charge in [0, 0.05) is 10.9 Å². The Hall–Kier alpha value is -1.16. The zero-order chi connectivity index (χ0) is 13.7. The van der Waals surface area contributed by atoms with Gasteiger partial charge in [-0.15, -0.1) is 11.3 Å². The average molecular weight is 275 g/mol. The highest BCUT2D eigenvalue weighted by Gasteiger charge is 2.15. The molecule has 0 aliphatic carbocycles. The third kappa shape index (κ3) is 3.66. The van der Waals surface area contributed by atoms with Gasteiger partial charge in [0.25, 0.3) is 0 Å². The molecule has 2 nitrogen and oxygen atoms in total. The minimum atomic E-state index is -0.0111. The van der Waals surface area contributed by atoms with Crippen LogP contribution in [0.15, 0.2) is 41.8 Å². The van der Waals surface area contributed by atoms with Crippen molar-refractivity contribution in [2.45, 2.75) is 32.4 Å².